The molecule has 0 aromatic carbocycles. The number of allylic oxidation sites excluding steroid dienone is 4. The second kappa shape index (κ2) is 18.3. The van der Waals surface area contributed by atoms with Crippen LogP contribution in [0.3, 0.4) is 0 Å². The van der Waals surface area contributed by atoms with Crippen LogP contribution in [0, 0.1) is 6.92 Å². The number of unbranched alkanes of at least 4 members (excludes halogenated alkanes) is 8. The molecular formula is C21H37O3. The minimum atomic E-state index is -0.821. The third kappa shape index (κ3) is 19.0. The van der Waals surface area contributed by atoms with Crippen molar-refractivity contribution in [2.24, 2.45) is 0 Å². The predicted molar refractivity (Wildman–Crippen MR) is 102 cm³/mol. The van der Waals surface area contributed by atoms with Crippen LogP contribution in [0.5, 0.6) is 0 Å². The summed E-state index contributed by atoms with van der Waals surface area (Å²) >= 11 is 0. The van der Waals surface area contributed by atoms with Crippen LogP contribution >= 0.6 is 0 Å². The summed E-state index contributed by atoms with van der Waals surface area (Å²) in [5.74, 6) is -0.233. The van der Waals surface area contributed by atoms with E-state index in [0.717, 1.165) is 32.1 Å². The highest BCUT2D eigenvalue weighted by Crippen LogP contribution is 2.08. The molecular weight excluding hydrogens is 300 g/mol. The second-order valence-electron chi connectivity index (χ2n) is 6.32. The van der Waals surface area contributed by atoms with Crippen molar-refractivity contribution >= 4 is 5.97 Å². The van der Waals surface area contributed by atoms with Crippen LogP contribution in [0.4, 0.5) is 0 Å². The molecule has 0 amide bonds. The third-order valence-corrected chi connectivity index (χ3v) is 3.77. The van der Waals surface area contributed by atoms with E-state index in [1.165, 1.54) is 38.5 Å². The average Bonchev–Trinajstić information content (AvgIpc) is 2.56. The van der Waals surface area contributed by atoms with Gasteiger partial charge in [0.05, 0.1) is 6.10 Å². The lowest BCUT2D eigenvalue weighted by atomic mass is 10.1. The molecule has 0 saturated carbocycles. The maximum absolute atomic E-state index is 11.3. The molecule has 0 heterocycles. The number of hydrogen-bond donors (Lipinski definition) is 1. The number of hydrogen-bond acceptors (Lipinski definition) is 3. The van der Waals surface area contributed by atoms with Crippen molar-refractivity contribution in [3.63, 3.8) is 0 Å². The fourth-order valence-corrected chi connectivity index (χ4v) is 2.34. The van der Waals surface area contributed by atoms with E-state index < -0.39 is 6.10 Å². The molecule has 3 heteroatoms. The third-order valence-electron chi connectivity index (χ3n) is 3.77. The molecule has 3 nitrogen and oxygen atoms in total. The molecule has 0 aliphatic rings. The van der Waals surface area contributed by atoms with Crippen molar-refractivity contribution < 1.29 is 14.6 Å². The van der Waals surface area contributed by atoms with Gasteiger partial charge >= 0.3 is 5.97 Å². The minimum absolute atomic E-state index is 0.000896. The first kappa shape index (κ1) is 22.9. The maximum Gasteiger partial charge on any atom is 0.305 e. The van der Waals surface area contributed by atoms with Gasteiger partial charge in [-0.25, -0.2) is 0 Å². The molecule has 24 heavy (non-hydrogen) atoms. The maximum atomic E-state index is 11.3. The van der Waals surface area contributed by atoms with E-state index in [1.54, 1.807) is 0 Å². The van der Waals surface area contributed by atoms with Gasteiger partial charge in [0.1, 0.15) is 6.61 Å². The molecule has 0 saturated heterocycles. The zero-order valence-corrected chi connectivity index (χ0v) is 15.5. The van der Waals surface area contributed by atoms with E-state index in [4.69, 9.17) is 9.84 Å². The summed E-state index contributed by atoms with van der Waals surface area (Å²) in [7, 11) is 0. The van der Waals surface area contributed by atoms with E-state index in [9.17, 15) is 4.79 Å². The van der Waals surface area contributed by atoms with E-state index in [-0.39, 0.29) is 12.6 Å². The van der Waals surface area contributed by atoms with Gasteiger partial charge in [-0.3, -0.25) is 4.79 Å². The number of aliphatic hydroxyl groups is 1. The normalized spacial score (nSPS) is 13.0. The molecule has 0 aromatic rings. The Bertz CT molecular complexity index is 332. The summed E-state index contributed by atoms with van der Waals surface area (Å²) in [5.41, 5.74) is 0. The van der Waals surface area contributed by atoms with Crippen molar-refractivity contribution in [1.29, 1.82) is 0 Å². The Morgan fingerprint density at radius 2 is 1.54 bits per heavy atom. The largest absolute Gasteiger partial charge is 0.463 e. The predicted octanol–water partition coefficient (Wildman–Crippen LogP) is 5.54. The van der Waals surface area contributed by atoms with Crippen LogP contribution in [0.15, 0.2) is 24.3 Å². The summed E-state index contributed by atoms with van der Waals surface area (Å²) in [4.78, 5) is 11.3. The van der Waals surface area contributed by atoms with Gasteiger partial charge in [-0.15, -0.1) is 0 Å². The quantitative estimate of drug-likeness (QED) is 0.228. The SMILES string of the molecule is [CH2]C(O)COC(=O)CCCCCCC/C=C\C/C=C\CCCCC. The van der Waals surface area contributed by atoms with Gasteiger partial charge in [0.2, 0.25) is 0 Å². The monoisotopic (exact) mass is 337 g/mol. The molecule has 0 aromatic heterocycles. The van der Waals surface area contributed by atoms with Gasteiger partial charge < -0.3 is 9.84 Å². The second-order valence-corrected chi connectivity index (χ2v) is 6.32. The molecule has 0 spiro atoms. The van der Waals surface area contributed by atoms with Crippen LogP contribution < -0.4 is 0 Å². The molecule has 1 atom stereocenters. The van der Waals surface area contributed by atoms with Gasteiger partial charge in [0.15, 0.2) is 0 Å². The molecule has 0 bridgehead atoms. The number of carbonyl (C=O) groups excluding carboxylic acids is 1. The highest BCUT2D eigenvalue weighted by atomic mass is 16.5. The van der Waals surface area contributed by atoms with Crippen molar-refractivity contribution in [2.75, 3.05) is 6.61 Å². The first-order chi connectivity index (χ1) is 11.7. The topological polar surface area (TPSA) is 46.5 Å². The average molecular weight is 338 g/mol. The van der Waals surface area contributed by atoms with Crippen LogP contribution in [-0.2, 0) is 9.53 Å². The van der Waals surface area contributed by atoms with Gasteiger partial charge in [0.25, 0.3) is 0 Å². The first-order valence-electron chi connectivity index (χ1n) is 9.63. The highest BCUT2D eigenvalue weighted by molar-refractivity contribution is 5.69. The molecule has 1 unspecified atom stereocenters. The zero-order valence-electron chi connectivity index (χ0n) is 15.5. The lowest BCUT2D eigenvalue weighted by Crippen LogP contribution is -2.15. The molecule has 1 N–H and O–H groups in total. The number of rotatable bonds is 16. The molecule has 0 aliphatic heterocycles. The van der Waals surface area contributed by atoms with E-state index in [0.29, 0.717) is 6.42 Å². The summed E-state index contributed by atoms with van der Waals surface area (Å²) in [6, 6.07) is 0. The minimum Gasteiger partial charge on any atom is -0.463 e. The lowest BCUT2D eigenvalue weighted by molar-refractivity contribution is -0.146. The van der Waals surface area contributed by atoms with Gasteiger partial charge in [-0.05, 0) is 45.4 Å². The first-order valence-corrected chi connectivity index (χ1v) is 9.63. The Hall–Kier alpha value is -1.09. The van der Waals surface area contributed by atoms with Crippen LogP contribution in [0.25, 0.3) is 0 Å². The fourth-order valence-electron chi connectivity index (χ4n) is 2.34. The van der Waals surface area contributed by atoms with Gasteiger partial charge in [0, 0.05) is 6.42 Å². The van der Waals surface area contributed by atoms with Crippen LogP contribution in [0.1, 0.15) is 84.0 Å². The summed E-state index contributed by atoms with van der Waals surface area (Å²) in [6.07, 6.45) is 21.6. The summed E-state index contributed by atoms with van der Waals surface area (Å²) < 4.78 is 4.86. The van der Waals surface area contributed by atoms with Crippen molar-refractivity contribution in [3.8, 4) is 0 Å². The number of esters is 1. The molecule has 0 fully saturated rings. The summed E-state index contributed by atoms with van der Waals surface area (Å²) in [5, 5.41) is 8.91. The van der Waals surface area contributed by atoms with E-state index in [1.807, 2.05) is 0 Å². The smallest absolute Gasteiger partial charge is 0.305 e. The summed E-state index contributed by atoms with van der Waals surface area (Å²) in [6.45, 7) is 5.59. The standard InChI is InChI=1S/C21H37O3/c1-3-4-5-6-7-8-9-10-11-12-13-14-15-16-17-18-21(23)24-19-20(2)22/h7-8,10-11,20,22H,2-6,9,12-19H2,1H3/b8-7-,11-10-. The van der Waals surface area contributed by atoms with Gasteiger partial charge in [-0.1, -0.05) is 63.3 Å². The lowest BCUT2D eigenvalue weighted by Gasteiger charge is -2.06. The molecule has 1 radical (unpaired) electrons. The van der Waals surface area contributed by atoms with Crippen molar-refractivity contribution in [3.05, 3.63) is 31.2 Å². The Balaban J connectivity index is 3.27. The Labute approximate surface area is 149 Å². The van der Waals surface area contributed by atoms with Crippen LogP contribution in [-0.4, -0.2) is 23.8 Å². The fraction of sp³-hybridized carbons (Fsp3) is 0.714. The van der Waals surface area contributed by atoms with Gasteiger partial charge in [-0.2, -0.15) is 0 Å². The molecule has 139 valence electrons. The van der Waals surface area contributed by atoms with E-state index >= 15 is 0 Å². The molecule has 0 aliphatic carbocycles. The van der Waals surface area contributed by atoms with E-state index in [2.05, 4.69) is 38.2 Å². The van der Waals surface area contributed by atoms with Crippen LogP contribution in [0.2, 0.25) is 0 Å². The van der Waals surface area contributed by atoms with Crippen molar-refractivity contribution in [2.45, 2.75) is 90.1 Å². The Kier molecular flexibility index (Phi) is 17.4. The molecule has 0 rings (SSSR count). The number of carbonyl (C=O) groups is 1. The number of aliphatic hydroxyl groups excluding tert-OH is 1. The zero-order chi connectivity index (χ0) is 17.9. The van der Waals surface area contributed by atoms with Crippen molar-refractivity contribution in [1.82, 2.24) is 0 Å². The highest BCUT2D eigenvalue weighted by Gasteiger charge is 2.04. The Morgan fingerprint density at radius 1 is 0.958 bits per heavy atom. The Morgan fingerprint density at radius 3 is 2.17 bits per heavy atom. The number of ether oxygens (including phenoxy) is 1.